The Kier molecular flexibility index (Phi) is 9.43. The van der Waals surface area contributed by atoms with Crippen LogP contribution in [-0.2, 0) is 35.9 Å². The number of hydrogen-bond donors (Lipinski definition) is 3. The van der Waals surface area contributed by atoms with Crippen LogP contribution in [0.4, 0.5) is 0 Å². The first-order valence-corrected chi connectivity index (χ1v) is 14.6. The van der Waals surface area contributed by atoms with Crippen LogP contribution in [0.25, 0.3) is 0 Å². The molecule has 0 aliphatic rings. The van der Waals surface area contributed by atoms with Crippen LogP contribution in [0.15, 0.2) is 36.4 Å². The molecule has 7 heteroatoms. The number of phenolic OH excluding ortho intramolecular Hbond substituents is 3. The SMILES string of the molecule is CC(C)(C)c1cc(Cl)c(O)c(CN(Cc2cc(C(C)(C)C)cc(Cl)c2O)Cc2cc(C(C)(C)C)cc(Cl)c2O)c1. The predicted molar refractivity (Wildman–Crippen MR) is 168 cm³/mol. The van der Waals surface area contributed by atoms with Gasteiger partial charge in [-0.3, -0.25) is 4.90 Å². The fourth-order valence-electron chi connectivity index (χ4n) is 4.52. The van der Waals surface area contributed by atoms with E-state index >= 15 is 0 Å². The molecule has 0 saturated carbocycles. The molecule has 0 fully saturated rings. The molecule has 4 nitrogen and oxygen atoms in total. The van der Waals surface area contributed by atoms with E-state index in [1.54, 1.807) is 18.2 Å². The summed E-state index contributed by atoms with van der Waals surface area (Å²) in [7, 11) is 0. The highest BCUT2D eigenvalue weighted by molar-refractivity contribution is 6.32. The summed E-state index contributed by atoms with van der Waals surface area (Å²) in [5, 5.41) is 33.7. The molecule has 0 bridgehead atoms. The van der Waals surface area contributed by atoms with Gasteiger partial charge in [0.2, 0.25) is 0 Å². The molecular weight excluding hydrogens is 565 g/mol. The first-order valence-electron chi connectivity index (χ1n) is 13.5. The first kappa shape index (κ1) is 32.4. The molecule has 0 amide bonds. The van der Waals surface area contributed by atoms with Crippen molar-refractivity contribution in [3.05, 3.63) is 84.8 Å². The molecule has 0 aliphatic heterocycles. The van der Waals surface area contributed by atoms with Crippen molar-refractivity contribution >= 4 is 34.8 Å². The van der Waals surface area contributed by atoms with Gasteiger partial charge in [0.15, 0.2) is 0 Å². The van der Waals surface area contributed by atoms with Crippen molar-refractivity contribution in [3.8, 4) is 17.2 Å². The smallest absolute Gasteiger partial charge is 0.138 e. The fourth-order valence-corrected chi connectivity index (χ4v) is 5.24. The van der Waals surface area contributed by atoms with Crippen LogP contribution in [0.1, 0.15) is 95.7 Å². The van der Waals surface area contributed by atoms with Gasteiger partial charge < -0.3 is 15.3 Å². The summed E-state index contributed by atoms with van der Waals surface area (Å²) in [4.78, 5) is 2.04. The van der Waals surface area contributed by atoms with Crippen LogP contribution < -0.4 is 0 Å². The highest BCUT2D eigenvalue weighted by Gasteiger charge is 2.24. The normalized spacial score (nSPS) is 12.8. The largest absolute Gasteiger partial charge is 0.506 e. The molecular formula is C33H42Cl3NO3. The zero-order valence-corrected chi connectivity index (χ0v) is 27.3. The van der Waals surface area contributed by atoms with Crippen LogP contribution in [0.2, 0.25) is 15.1 Å². The molecule has 0 heterocycles. The van der Waals surface area contributed by atoms with Crippen molar-refractivity contribution in [1.29, 1.82) is 0 Å². The third kappa shape index (κ3) is 7.59. The number of phenols is 3. The number of aromatic hydroxyl groups is 3. The predicted octanol–water partition coefficient (Wildman–Crippen LogP) is 9.86. The van der Waals surface area contributed by atoms with Gasteiger partial charge in [0.1, 0.15) is 17.2 Å². The maximum atomic E-state index is 11.0. The van der Waals surface area contributed by atoms with Gasteiger partial charge in [0.25, 0.3) is 0 Å². The van der Waals surface area contributed by atoms with Gasteiger partial charge in [-0.1, -0.05) is 115 Å². The molecule has 0 aliphatic carbocycles. The molecule has 0 atom stereocenters. The summed E-state index contributed by atoms with van der Waals surface area (Å²) in [6.07, 6.45) is 0. The van der Waals surface area contributed by atoms with Crippen molar-refractivity contribution in [2.45, 2.75) is 98.2 Å². The Morgan fingerprint density at radius 3 is 0.900 bits per heavy atom. The molecule has 3 N–H and O–H groups in total. The maximum absolute atomic E-state index is 11.0. The molecule has 40 heavy (non-hydrogen) atoms. The molecule has 0 saturated heterocycles. The van der Waals surface area contributed by atoms with E-state index in [2.05, 4.69) is 62.3 Å². The van der Waals surface area contributed by atoms with Crippen molar-refractivity contribution in [2.24, 2.45) is 0 Å². The van der Waals surface area contributed by atoms with E-state index in [4.69, 9.17) is 34.8 Å². The average molecular weight is 607 g/mol. The van der Waals surface area contributed by atoms with Gasteiger partial charge in [-0.05, 0) is 51.1 Å². The lowest BCUT2D eigenvalue weighted by atomic mass is 9.85. The topological polar surface area (TPSA) is 63.9 Å². The van der Waals surface area contributed by atoms with E-state index in [0.717, 1.165) is 16.7 Å². The molecule has 3 aromatic carbocycles. The molecule has 0 spiro atoms. The first-order chi connectivity index (χ1) is 18.2. The second-order valence-corrected chi connectivity index (χ2v) is 15.0. The van der Waals surface area contributed by atoms with Crippen LogP contribution in [0, 0.1) is 0 Å². The third-order valence-electron chi connectivity index (χ3n) is 7.21. The molecule has 3 rings (SSSR count). The zero-order valence-electron chi connectivity index (χ0n) is 25.0. The Morgan fingerprint density at radius 1 is 0.475 bits per heavy atom. The van der Waals surface area contributed by atoms with Crippen LogP contribution in [0.3, 0.4) is 0 Å². The average Bonchev–Trinajstić information content (AvgIpc) is 2.80. The van der Waals surface area contributed by atoms with Crippen molar-refractivity contribution < 1.29 is 15.3 Å². The minimum Gasteiger partial charge on any atom is -0.506 e. The van der Waals surface area contributed by atoms with Crippen molar-refractivity contribution in [1.82, 2.24) is 4.90 Å². The Hall–Kier alpha value is -2.11. The summed E-state index contributed by atoms with van der Waals surface area (Å²) >= 11 is 19.4. The zero-order chi connectivity index (χ0) is 30.4. The summed E-state index contributed by atoms with van der Waals surface area (Å²) in [6, 6.07) is 11.3. The van der Waals surface area contributed by atoms with E-state index in [-0.39, 0.29) is 48.6 Å². The molecule has 0 unspecified atom stereocenters. The Morgan fingerprint density at radius 2 is 0.700 bits per heavy atom. The minimum atomic E-state index is -0.184. The number of hydrogen-bond acceptors (Lipinski definition) is 4. The second-order valence-electron chi connectivity index (χ2n) is 13.8. The molecule has 218 valence electrons. The molecule has 3 aromatic rings. The number of rotatable bonds is 6. The van der Waals surface area contributed by atoms with Crippen molar-refractivity contribution in [3.63, 3.8) is 0 Å². The van der Waals surface area contributed by atoms with Gasteiger partial charge in [-0.15, -0.1) is 0 Å². The lowest BCUT2D eigenvalue weighted by Crippen LogP contribution is -2.24. The lowest BCUT2D eigenvalue weighted by Gasteiger charge is -2.28. The second kappa shape index (κ2) is 11.6. The van der Waals surface area contributed by atoms with Gasteiger partial charge >= 0.3 is 0 Å². The highest BCUT2D eigenvalue weighted by atomic mass is 35.5. The lowest BCUT2D eigenvalue weighted by molar-refractivity contribution is 0.237. The van der Waals surface area contributed by atoms with Crippen LogP contribution in [0.5, 0.6) is 17.2 Å². The van der Waals surface area contributed by atoms with E-state index in [9.17, 15) is 15.3 Å². The van der Waals surface area contributed by atoms with Gasteiger partial charge in [-0.25, -0.2) is 0 Å². The number of benzene rings is 3. The van der Waals surface area contributed by atoms with E-state index in [1.807, 2.05) is 23.1 Å². The summed E-state index contributed by atoms with van der Waals surface area (Å²) in [6.45, 7) is 19.7. The van der Waals surface area contributed by atoms with Gasteiger partial charge in [0, 0.05) is 36.3 Å². The Labute approximate surface area is 254 Å². The van der Waals surface area contributed by atoms with Gasteiger partial charge in [-0.2, -0.15) is 0 Å². The third-order valence-corrected chi connectivity index (χ3v) is 8.07. The van der Waals surface area contributed by atoms with Crippen LogP contribution >= 0.6 is 34.8 Å². The number of nitrogens with zero attached hydrogens (tertiary/aromatic N) is 1. The van der Waals surface area contributed by atoms with Gasteiger partial charge in [0.05, 0.1) is 15.1 Å². The van der Waals surface area contributed by atoms with Crippen LogP contribution in [-0.4, -0.2) is 20.2 Å². The Bertz CT molecular complexity index is 1230. The van der Waals surface area contributed by atoms with Crippen molar-refractivity contribution in [2.75, 3.05) is 0 Å². The minimum absolute atomic E-state index is 0.0102. The Balaban J connectivity index is 2.16. The van der Waals surface area contributed by atoms with E-state index < -0.39 is 0 Å². The summed E-state index contributed by atoms with van der Waals surface area (Å²) in [5.41, 5.74) is 4.36. The quantitative estimate of drug-likeness (QED) is 0.261. The van der Waals surface area contributed by atoms with E-state index in [1.165, 1.54) is 0 Å². The fraction of sp³-hybridized carbons (Fsp3) is 0.455. The number of halogens is 3. The van der Waals surface area contributed by atoms with E-state index in [0.29, 0.717) is 36.3 Å². The monoisotopic (exact) mass is 605 g/mol. The summed E-state index contributed by atoms with van der Waals surface area (Å²) in [5.74, 6) is 0.0307. The maximum Gasteiger partial charge on any atom is 0.138 e. The standard InChI is InChI=1S/C33H42Cl3NO3/c1-31(2,3)22-10-19(28(38)25(34)13-22)16-37(17-20-11-23(32(4,5)6)14-26(35)29(20)39)18-21-12-24(33(7,8)9)15-27(36)30(21)40/h10-15,38-40H,16-18H2,1-9H3. The molecule has 0 radical (unpaired) electrons. The molecule has 0 aromatic heterocycles. The summed E-state index contributed by atoms with van der Waals surface area (Å²) < 4.78 is 0. The highest BCUT2D eigenvalue weighted by Crippen LogP contribution is 2.39.